The van der Waals surface area contributed by atoms with Gasteiger partial charge in [0, 0.05) is 0 Å². The van der Waals surface area contributed by atoms with E-state index in [-0.39, 0.29) is 17.0 Å². The van der Waals surface area contributed by atoms with Crippen LogP contribution >= 0.6 is 0 Å². The highest BCUT2D eigenvalue weighted by atomic mass is 16.6. The number of carbonyl (C=O) groups excluding carboxylic acids is 1. The average molecular weight is 240 g/mol. The van der Waals surface area contributed by atoms with Crippen LogP contribution in [0.1, 0.15) is 73.6 Å². The van der Waals surface area contributed by atoms with Crippen molar-refractivity contribution < 1.29 is 9.53 Å². The molecule has 2 heteroatoms. The van der Waals surface area contributed by atoms with Crippen LogP contribution in [-0.4, -0.2) is 11.6 Å². The standard InChI is InChI=1S/C15H28O2/c1-7-13(2,3)14(4,5)12(16)17-15(6)10-8-9-11-15/h7-11H2,1-6H3. The smallest absolute Gasteiger partial charge is 0.312 e. The van der Waals surface area contributed by atoms with Crippen LogP contribution in [0, 0.1) is 10.8 Å². The third-order valence-electron chi connectivity index (χ3n) is 5.09. The molecule has 0 N–H and O–H groups in total. The van der Waals surface area contributed by atoms with Gasteiger partial charge < -0.3 is 4.74 Å². The molecule has 1 fully saturated rings. The molecule has 100 valence electrons. The van der Waals surface area contributed by atoms with Crippen molar-refractivity contribution in [2.45, 2.75) is 79.2 Å². The molecule has 0 aromatic heterocycles. The van der Waals surface area contributed by atoms with E-state index in [1.165, 1.54) is 12.8 Å². The van der Waals surface area contributed by atoms with Crippen LogP contribution in [0.2, 0.25) is 0 Å². The van der Waals surface area contributed by atoms with Gasteiger partial charge >= 0.3 is 5.97 Å². The first-order chi connectivity index (χ1) is 7.65. The lowest BCUT2D eigenvalue weighted by Gasteiger charge is -2.41. The molecule has 1 aliphatic carbocycles. The maximum atomic E-state index is 12.4. The molecule has 1 saturated carbocycles. The fourth-order valence-corrected chi connectivity index (χ4v) is 2.29. The van der Waals surface area contributed by atoms with E-state index >= 15 is 0 Å². The van der Waals surface area contributed by atoms with Crippen molar-refractivity contribution in [1.29, 1.82) is 0 Å². The topological polar surface area (TPSA) is 26.3 Å². The minimum atomic E-state index is -0.423. The van der Waals surface area contributed by atoms with Crippen molar-refractivity contribution >= 4 is 5.97 Å². The lowest BCUT2D eigenvalue weighted by Crippen LogP contribution is -2.44. The van der Waals surface area contributed by atoms with Gasteiger partial charge in [0.05, 0.1) is 5.41 Å². The second-order valence-corrected chi connectivity index (χ2v) is 6.91. The van der Waals surface area contributed by atoms with E-state index in [4.69, 9.17) is 4.74 Å². The predicted molar refractivity (Wildman–Crippen MR) is 70.8 cm³/mol. The summed E-state index contributed by atoms with van der Waals surface area (Å²) in [7, 11) is 0. The Morgan fingerprint density at radius 1 is 1.18 bits per heavy atom. The fourth-order valence-electron chi connectivity index (χ4n) is 2.29. The number of hydrogen-bond acceptors (Lipinski definition) is 2. The Hall–Kier alpha value is -0.530. The molecule has 0 atom stereocenters. The highest BCUT2D eigenvalue weighted by Crippen LogP contribution is 2.44. The van der Waals surface area contributed by atoms with Gasteiger partial charge in [-0.1, -0.05) is 20.8 Å². The van der Waals surface area contributed by atoms with Crippen LogP contribution in [0.4, 0.5) is 0 Å². The zero-order valence-electron chi connectivity index (χ0n) is 12.4. The van der Waals surface area contributed by atoms with Crippen LogP contribution in [0.5, 0.6) is 0 Å². The van der Waals surface area contributed by atoms with Crippen molar-refractivity contribution in [3.05, 3.63) is 0 Å². The lowest BCUT2D eigenvalue weighted by atomic mass is 9.66. The molecular formula is C15H28O2. The van der Waals surface area contributed by atoms with Gasteiger partial charge in [0.1, 0.15) is 5.60 Å². The zero-order chi connectivity index (χ0) is 13.3. The molecule has 0 aromatic carbocycles. The molecule has 0 bridgehead atoms. The van der Waals surface area contributed by atoms with Crippen LogP contribution in [-0.2, 0) is 9.53 Å². The van der Waals surface area contributed by atoms with Gasteiger partial charge in [-0.05, 0) is 58.3 Å². The summed E-state index contributed by atoms with van der Waals surface area (Å²) < 4.78 is 5.81. The Kier molecular flexibility index (Phi) is 3.95. The van der Waals surface area contributed by atoms with E-state index in [9.17, 15) is 4.79 Å². The van der Waals surface area contributed by atoms with E-state index in [1.54, 1.807) is 0 Å². The second-order valence-electron chi connectivity index (χ2n) is 6.91. The van der Waals surface area contributed by atoms with Gasteiger partial charge in [0.2, 0.25) is 0 Å². The molecule has 0 heterocycles. The maximum Gasteiger partial charge on any atom is 0.312 e. The minimum absolute atomic E-state index is 0.0287. The van der Waals surface area contributed by atoms with Gasteiger partial charge in [-0.2, -0.15) is 0 Å². The summed E-state index contributed by atoms with van der Waals surface area (Å²) in [5.74, 6) is -0.0336. The van der Waals surface area contributed by atoms with Crippen molar-refractivity contribution in [1.82, 2.24) is 0 Å². The highest BCUT2D eigenvalue weighted by molar-refractivity contribution is 5.77. The first-order valence-corrected chi connectivity index (χ1v) is 6.88. The zero-order valence-corrected chi connectivity index (χ0v) is 12.4. The third kappa shape index (κ3) is 2.83. The molecule has 0 aliphatic heterocycles. The average Bonchev–Trinajstić information content (AvgIpc) is 2.64. The van der Waals surface area contributed by atoms with E-state index in [1.807, 2.05) is 13.8 Å². The number of esters is 1. The monoisotopic (exact) mass is 240 g/mol. The minimum Gasteiger partial charge on any atom is -0.459 e. The second kappa shape index (κ2) is 4.62. The molecule has 2 nitrogen and oxygen atoms in total. The summed E-state index contributed by atoms with van der Waals surface area (Å²) in [6.45, 7) is 12.5. The number of carbonyl (C=O) groups is 1. The summed E-state index contributed by atoms with van der Waals surface area (Å²) in [6.07, 6.45) is 5.37. The molecule has 0 aromatic rings. The van der Waals surface area contributed by atoms with Crippen LogP contribution in [0.3, 0.4) is 0 Å². The SMILES string of the molecule is CCC(C)(C)C(C)(C)C(=O)OC1(C)CCCC1. The molecule has 1 rings (SSSR count). The summed E-state index contributed by atoms with van der Waals surface area (Å²) in [6, 6.07) is 0. The molecular weight excluding hydrogens is 212 g/mol. The fraction of sp³-hybridized carbons (Fsp3) is 0.933. The lowest BCUT2D eigenvalue weighted by molar-refractivity contribution is -0.175. The van der Waals surface area contributed by atoms with Gasteiger partial charge in [0.15, 0.2) is 0 Å². The van der Waals surface area contributed by atoms with Crippen LogP contribution in [0.15, 0.2) is 0 Å². The normalized spacial score (nSPS) is 20.4. The number of rotatable bonds is 4. The Bertz CT molecular complexity index is 283. The van der Waals surface area contributed by atoms with Gasteiger partial charge in [-0.25, -0.2) is 0 Å². The van der Waals surface area contributed by atoms with Gasteiger partial charge in [-0.15, -0.1) is 0 Å². The first kappa shape index (κ1) is 14.5. The summed E-state index contributed by atoms with van der Waals surface area (Å²) in [5.41, 5.74) is -0.662. The van der Waals surface area contributed by atoms with Crippen LogP contribution in [0.25, 0.3) is 0 Å². The summed E-state index contributed by atoms with van der Waals surface area (Å²) in [4.78, 5) is 12.4. The van der Waals surface area contributed by atoms with Crippen molar-refractivity contribution in [3.8, 4) is 0 Å². The van der Waals surface area contributed by atoms with E-state index < -0.39 is 5.41 Å². The Labute approximate surface area is 106 Å². The Morgan fingerprint density at radius 2 is 1.65 bits per heavy atom. The summed E-state index contributed by atoms with van der Waals surface area (Å²) >= 11 is 0. The van der Waals surface area contributed by atoms with Gasteiger partial charge in [-0.3, -0.25) is 4.79 Å². The Morgan fingerprint density at radius 3 is 2.06 bits per heavy atom. The van der Waals surface area contributed by atoms with E-state index in [0.717, 1.165) is 19.3 Å². The molecule has 0 spiro atoms. The highest BCUT2D eigenvalue weighted by Gasteiger charge is 2.46. The Balaban J connectivity index is 2.76. The molecule has 0 saturated heterocycles. The van der Waals surface area contributed by atoms with Crippen molar-refractivity contribution in [3.63, 3.8) is 0 Å². The van der Waals surface area contributed by atoms with Crippen LogP contribution < -0.4 is 0 Å². The predicted octanol–water partition coefficient (Wildman–Crippen LogP) is 4.32. The van der Waals surface area contributed by atoms with Gasteiger partial charge in [0.25, 0.3) is 0 Å². The third-order valence-corrected chi connectivity index (χ3v) is 5.09. The molecule has 17 heavy (non-hydrogen) atoms. The largest absolute Gasteiger partial charge is 0.459 e. The summed E-state index contributed by atoms with van der Waals surface area (Å²) in [5, 5.41) is 0. The first-order valence-electron chi connectivity index (χ1n) is 6.88. The quantitative estimate of drug-likeness (QED) is 0.684. The van der Waals surface area contributed by atoms with E-state index in [2.05, 4.69) is 27.7 Å². The maximum absolute atomic E-state index is 12.4. The van der Waals surface area contributed by atoms with Crippen molar-refractivity contribution in [2.75, 3.05) is 0 Å². The molecule has 1 aliphatic rings. The molecule has 0 unspecified atom stereocenters. The molecule has 0 radical (unpaired) electrons. The van der Waals surface area contributed by atoms with Crippen molar-refractivity contribution in [2.24, 2.45) is 10.8 Å². The number of ether oxygens (including phenoxy) is 1. The van der Waals surface area contributed by atoms with E-state index in [0.29, 0.717) is 0 Å². The molecule has 0 amide bonds. The number of hydrogen-bond donors (Lipinski definition) is 0.